The van der Waals surface area contributed by atoms with Gasteiger partial charge in [0.2, 0.25) is 10.0 Å². The molecule has 0 amide bonds. The van der Waals surface area contributed by atoms with E-state index in [2.05, 4.69) is 16.4 Å². The number of nitrogens with one attached hydrogen (secondary N) is 1. The van der Waals surface area contributed by atoms with Crippen molar-refractivity contribution in [1.82, 2.24) is 14.5 Å². The molecule has 0 saturated carbocycles. The van der Waals surface area contributed by atoms with Crippen molar-refractivity contribution in [2.45, 2.75) is 33.2 Å². The minimum absolute atomic E-state index is 0.0473. The quantitative estimate of drug-likeness (QED) is 0.792. The van der Waals surface area contributed by atoms with Gasteiger partial charge >= 0.3 is 0 Å². The van der Waals surface area contributed by atoms with E-state index in [4.69, 9.17) is 0 Å². The van der Waals surface area contributed by atoms with Crippen LogP contribution in [0.15, 0.2) is 48.6 Å². The highest BCUT2D eigenvalue weighted by Crippen LogP contribution is 2.14. The van der Waals surface area contributed by atoms with Crippen LogP contribution in [0.25, 0.3) is 5.69 Å². The van der Waals surface area contributed by atoms with E-state index in [0.29, 0.717) is 12.0 Å². The molecule has 0 radical (unpaired) electrons. The van der Waals surface area contributed by atoms with Crippen LogP contribution < -0.4 is 4.72 Å². The van der Waals surface area contributed by atoms with Crippen molar-refractivity contribution in [1.29, 1.82) is 0 Å². The third-order valence-electron chi connectivity index (χ3n) is 3.24. The molecule has 23 heavy (non-hydrogen) atoms. The van der Waals surface area contributed by atoms with Crippen LogP contribution >= 0.6 is 0 Å². The summed E-state index contributed by atoms with van der Waals surface area (Å²) >= 11 is 0. The first kappa shape index (κ1) is 17.4. The van der Waals surface area contributed by atoms with Crippen molar-refractivity contribution in [2.24, 2.45) is 0 Å². The molecule has 1 N–H and O–H groups in total. The summed E-state index contributed by atoms with van der Waals surface area (Å²) in [5.74, 6) is -0.0473. The molecule has 2 aromatic rings. The third-order valence-corrected chi connectivity index (χ3v) is 4.87. The second-order valence-electron chi connectivity index (χ2n) is 5.96. The maximum atomic E-state index is 12.0. The summed E-state index contributed by atoms with van der Waals surface area (Å²) in [7, 11) is -3.35. The Bertz CT molecular complexity index is 779. The second-order valence-corrected chi connectivity index (χ2v) is 7.72. The Morgan fingerprint density at radius 2 is 2.00 bits per heavy atom. The summed E-state index contributed by atoms with van der Waals surface area (Å²) in [4.78, 5) is 0. The number of rotatable bonds is 7. The first-order chi connectivity index (χ1) is 10.8. The van der Waals surface area contributed by atoms with Gasteiger partial charge in [0.1, 0.15) is 0 Å². The fraction of sp³-hybridized carbons (Fsp3) is 0.353. The van der Waals surface area contributed by atoms with E-state index in [1.807, 2.05) is 54.9 Å². The number of hydrogen-bond acceptors (Lipinski definition) is 3. The van der Waals surface area contributed by atoms with Gasteiger partial charge in [-0.3, -0.25) is 0 Å². The molecule has 0 fully saturated rings. The maximum Gasteiger partial charge on any atom is 0.215 e. The van der Waals surface area contributed by atoms with E-state index in [0.717, 1.165) is 17.1 Å². The minimum atomic E-state index is -3.35. The van der Waals surface area contributed by atoms with Gasteiger partial charge in [0.25, 0.3) is 0 Å². The van der Waals surface area contributed by atoms with Crippen molar-refractivity contribution in [2.75, 3.05) is 5.75 Å². The summed E-state index contributed by atoms with van der Waals surface area (Å²) in [6, 6.07) is 11.6. The van der Waals surface area contributed by atoms with Gasteiger partial charge in [0, 0.05) is 18.2 Å². The molecule has 0 unspecified atom stereocenters. The van der Waals surface area contributed by atoms with E-state index >= 15 is 0 Å². The average molecular weight is 333 g/mol. The third kappa shape index (κ3) is 5.04. The number of aromatic nitrogens is 2. The lowest BCUT2D eigenvalue weighted by Gasteiger charge is -2.15. The Morgan fingerprint density at radius 3 is 2.61 bits per heavy atom. The smallest absolute Gasteiger partial charge is 0.215 e. The fourth-order valence-corrected chi connectivity index (χ4v) is 3.95. The molecule has 1 heterocycles. The van der Waals surface area contributed by atoms with Crippen molar-refractivity contribution in [3.8, 4) is 5.69 Å². The van der Waals surface area contributed by atoms with Gasteiger partial charge < -0.3 is 0 Å². The summed E-state index contributed by atoms with van der Waals surface area (Å²) in [6.07, 6.45) is 0.561. The summed E-state index contributed by atoms with van der Waals surface area (Å²) < 4.78 is 28.6. The zero-order valence-electron chi connectivity index (χ0n) is 13.8. The predicted molar refractivity (Wildman–Crippen MR) is 93.2 cm³/mol. The zero-order chi connectivity index (χ0) is 17.0. The molecular weight excluding hydrogens is 310 g/mol. The minimum Gasteiger partial charge on any atom is -0.238 e. The summed E-state index contributed by atoms with van der Waals surface area (Å²) in [5, 5.41) is 4.50. The van der Waals surface area contributed by atoms with Crippen LogP contribution in [0.4, 0.5) is 0 Å². The Morgan fingerprint density at radius 1 is 1.35 bits per heavy atom. The van der Waals surface area contributed by atoms with Crippen LogP contribution in [0.5, 0.6) is 0 Å². The van der Waals surface area contributed by atoms with Crippen LogP contribution in [-0.2, 0) is 16.4 Å². The fourth-order valence-electron chi connectivity index (χ4n) is 2.52. The molecule has 124 valence electrons. The van der Waals surface area contributed by atoms with Crippen LogP contribution in [0.3, 0.4) is 0 Å². The Hall–Kier alpha value is -1.92. The van der Waals surface area contributed by atoms with E-state index in [1.165, 1.54) is 0 Å². The molecule has 5 nitrogen and oxygen atoms in total. The van der Waals surface area contributed by atoms with Crippen molar-refractivity contribution in [3.63, 3.8) is 0 Å². The van der Waals surface area contributed by atoms with Gasteiger partial charge in [-0.15, -0.1) is 0 Å². The first-order valence-corrected chi connectivity index (χ1v) is 9.17. The molecule has 0 aliphatic rings. The van der Waals surface area contributed by atoms with Gasteiger partial charge in [-0.1, -0.05) is 30.4 Å². The largest absolute Gasteiger partial charge is 0.238 e. The number of nitrogens with zero attached hydrogens (tertiary/aromatic N) is 2. The Labute approximate surface area is 138 Å². The maximum absolute atomic E-state index is 12.0. The predicted octanol–water partition coefficient (Wildman–Crippen LogP) is 2.61. The highest BCUT2D eigenvalue weighted by molar-refractivity contribution is 7.89. The van der Waals surface area contributed by atoms with E-state index < -0.39 is 10.0 Å². The van der Waals surface area contributed by atoms with Crippen molar-refractivity contribution < 1.29 is 8.42 Å². The molecule has 1 aromatic heterocycles. The number of hydrogen-bond donors (Lipinski definition) is 1. The number of para-hydroxylation sites is 1. The standard InChI is InChI=1S/C17H23N3O2S/c1-13(2)12-23(21,22)19-15(4)11-17-10-14(3)18-20(17)16-8-6-5-7-9-16/h5-10,15,19H,1,11-12H2,2-4H3/t15-/m1/s1. The van der Waals surface area contributed by atoms with Gasteiger partial charge in [-0.25, -0.2) is 17.8 Å². The van der Waals surface area contributed by atoms with Crippen molar-refractivity contribution in [3.05, 3.63) is 59.9 Å². The highest BCUT2D eigenvalue weighted by Gasteiger charge is 2.17. The molecule has 0 aliphatic carbocycles. The molecule has 0 spiro atoms. The number of sulfonamides is 1. The van der Waals surface area contributed by atoms with Crippen molar-refractivity contribution >= 4 is 10.0 Å². The molecule has 1 atom stereocenters. The summed E-state index contributed by atoms with van der Waals surface area (Å²) in [6.45, 7) is 9.15. The molecule has 0 bridgehead atoms. The lowest BCUT2D eigenvalue weighted by atomic mass is 10.2. The van der Waals surface area contributed by atoms with E-state index in [-0.39, 0.29) is 11.8 Å². The van der Waals surface area contributed by atoms with Gasteiger partial charge in [-0.05, 0) is 39.0 Å². The second kappa shape index (κ2) is 7.10. The SMILES string of the molecule is C=C(C)CS(=O)(=O)N[C@H](C)Cc1cc(C)nn1-c1ccccc1. The molecule has 0 aliphatic heterocycles. The number of benzene rings is 1. The topological polar surface area (TPSA) is 64.0 Å². The van der Waals surface area contributed by atoms with Gasteiger partial charge in [0.05, 0.1) is 17.1 Å². The first-order valence-electron chi connectivity index (χ1n) is 7.52. The monoisotopic (exact) mass is 333 g/mol. The zero-order valence-corrected chi connectivity index (χ0v) is 14.6. The molecule has 6 heteroatoms. The average Bonchev–Trinajstić information content (AvgIpc) is 2.78. The molecular formula is C17H23N3O2S. The Kier molecular flexibility index (Phi) is 5.38. The lowest BCUT2D eigenvalue weighted by Crippen LogP contribution is -2.36. The normalized spacial score (nSPS) is 13.0. The Balaban J connectivity index is 2.16. The molecule has 1 aromatic carbocycles. The van der Waals surface area contributed by atoms with E-state index in [9.17, 15) is 8.42 Å². The van der Waals surface area contributed by atoms with Gasteiger partial charge in [0.15, 0.2) is 0 Å². The van der Waals surface area contributed by atoms with Crippen LogP contribution in [0.2, 0.25) is 0 Å². The van der Waals surface area contributed by atoms with Crippen LogP contribution in [0, 0.1) is 6.92 Å². The van der Waals surface area contributed by atoms with Gasteiger partial charge in [-0.2, -0.15) is 5.10 Å². The molecule has 0 saturated heterocycles. The van der Waals surface area contributed by atoms with Crippen LogP contribution in [-0.4, -0.2) is 30.0 Å². The number of aryl methyl sites for hydroxylation is 1. The molecule has 2 rings (SSSR count). The lowest BCUT2D eigenvalue weighted by molar-refractivity contribution is 0.557. The van der Waals surface area contributed by atoms with Crippen LogP contribution in [0.1, 0.15) is 25.2 Å². The van der Waals surface area contributed by atoms with E-state index in [1.54, 1.807) is 6.92 Å². The highest BCUT2D eigenvalue weighted by atomic mass is 32.2. The summed E-state index contributed by atoms with van der Waals surface area (Å²) in [5.41, 5.74) is 3.46.